The maximum absolute atomic E-state index is 11.1. The zero-order valence-corrected chi connectivity index (χ0v) is 3.98. The fourth-order valence-electron chi connectivity index (χ4n) is 0.228. The molecule has 0 saturated carbocycles. The van der Waals surface area contributed by atoms with E-state index in [1.165, 1.54) is 0 Å². The number of nitrogens with one attached hydrogen (secondary N) is 1. The molecular formula is C4H8FNO. The van der Waals surface area contributed by atoms with Crippen LogP contribution in [0, 0.1) is 0 Å². The maximum Gasteiger partial charge on any atom is 0.133 e. The van der Waals surface area contributed by atoms with E-state index in [1.807, 2.05) is 0 Å². The van der Waals surface area contributed by atoms with Crippen LogP contribution in [0.3, 0.4) is 0 Å². The van der Waals surface area contributed by atoms with E-state index < -0.39 is 6.67 Å². The van der Waals surface area contributed by atoms with Crippen molar-refractivity contribution in [1.29, 1.82) is 0 Å². The molecule has 3 heteroatoms. The van der Waals surface area contributed by atoms with E-state index in [4.69, 9.17) is 0 Å². The van der Waals surface area contributed by atoms with Gasteiger partial charge in [0.2, 0.25) is 0 Å². The predicted octanol–water partition coefficient (Wildman–Crippen LogP) is -0.256. The monoisotopic (exact) mass is 105 g/mol. The van der Waals surface area contributed by atoms with Crippen LogP contribution in [0.1, 0.15) is 0 Å². The molecule has 7 heavy (non-hydrogen) atoms. The molecule has 0 unspecified atom stereocenters. The van der Waals surface area contributed by atoms with Gasteiger partial charge in [-0.2, -0.15) is 0 Å². The Labute approximate surface area is 41.7 Å². The van der Waals surface area contributed by atoms with Gasteiger partial charge in [-0.15, -0.1) is 0 Å². The summed E-state index contributed by atoms with van der Waals surface area (Å²) in [6, 6.07) is 0. The molecule has 0 fully saturated rings. The zero-order valence-electron chi connectivity index (χ0n) is 3.98. The number of aldehydes is 1. The Morgan fingerprint density at radius 1 is 1.71 bits per heavy atom. The van der Waals surface area contributed by atoms with Gasteiger partial charge in [-0.25, -0.2) is 4.39 Å². The number of carbonyl (C=O) groups excluding carboxylic acids is 1. The average molecular weight is 105 g/mol. The van der Waals surface area contributed by atoms with E-state index in [0.717, 1.165) is 0 Å². The molecule has 0 aromatic heterocycles. The van der Waals surface area contributed by atoms with Crippen LogP contribution in [0.25, 0.3) is 0 Å². The molecular weight excluding hydrogens is 97.0 g/mol. The molecule has 0 aliphatic rings. The molecule has 0 aliphatic carbocycles. The van der Waals surface area contributed by atoms with E-state index >= 15 is 0 Å². The molecule has 0 spiro atoms. The van der Waals surface area contributed by atoms with Crippen LogP contribution in [0.4, 0.5) is 4.39 Å². The second-order valence-electron chi connectivity index (χ2n) is 1.06. The molecule has 0 rings (SSSR count). The highest BCUT2D eigenvalue weighted by atomic mass is 19.1. The van der Waals surface area contributed by atoms with E-state index in [-0.39, 0.29) is 13.1 Å². The number of carbonyl (C=O) groups is 1. The summed E-state index contributed by atoms with van der Waals surface area (Å²) in [5.41, 5.74) is 0. The molecule has 0 heterocycles. The summed E-state index contributed by atoms with van der Waals surface area (Å²) >= 11 is 0. The summed E-state index contributed by atoms with van der Waals surface area (Å²) in [6.45, 7) is 0.122. The number of rotatable bonds is 4. The second kappa shape index (κ2) is 5.56. The molecule has 0 amide bonds. The Kier molecular flexibility index (Phi) is 5.21. The number of halogens is 1. The number of hydrogen-bond donors (Lipinski definition) is 1. The van der Waals surface area contributed by atoms with Crippen molar-refractivity contribution in [2.75, 3.05) is 19.8 Å². The first-order chi connectivity index (χ1) is 3.41. The molecule has 0 aromatic rings. The maximum atomic E-state index is 11.1. The topological polar surface area (TPSA) is 29.1 Å². The van der Waals surface area contributed by atoms with Crippen molar-refractivity contribution >= 4 is 6.29 Å². The van der Waals surface area contributed by atoms with Gasteiger partial charge >= 0.3 is 0 Å². The molecule has 0 aromatic carbocycles. The first-order valence-electron chi connectivity index (χ1n) is 2.12. The number of hydrogen-bond acceptors (Lipinski definition) is 2. The van der Waals surface area contributed by atoms with Crippen LogP contribution in [0.2, 0.25) is 0 Å². The highest BCUT2D eigenvalue weighted by Gasteiger charge is 1.78. The van der Waals surface area contributed by atoms with Crippen molar-refractivity contribution in [3.8, 4) is 0 Å². The van der Waals surface area contributed by atoms with E-state index in [9.17, 15) is 9.18 Å². The standard InChI is InChI=1S/C4H8FNO/c5-1-2-6-3-4-7/h4,6H,1-3H2. The zero-order chi connectivity index (χ0) is 5.54. The molecule has 0 aliphatic heterocycles. The largest absolute Gasteiger partial charge is 0.308 e. The minimum atomic E-state index is -0.409. The van der Waals surface area contributed by atoms with Crippen LogP contribution in [-0.4, -0.2) is 26.1 Å². The van der Waals surface area contributed by atoms with Crippen molar-refractivity contribution in [2.24, 2.45) is 0 Å². The van der Waals surface area contributed by atoms with Crippen molar-refractivity contribution in [2.45, 2.75) is 0 Å². The van der Waals surface area contributed by atoms with Gasteiger partial charge < -0.3 is 10.1 Å². The SMILES string of the molecule is O=CCNCCF. The van der Waals surface area contributed by atoms with E-state index in [1.54, 1.807) is 0 Å². The third kappa shape index (κ3) is 5.56. The van der Waals surface area contributed by atoms with Gasteiger partial charge in [-0.1, -0.05) is 0 Å². The first kappa shape index (κ1) is 6.56. The lowest BCUT2D eigenvalue weighted by atomic mass is 10.6. The van der Waals surface area contributed by atoms with Gasteiger partial charge in [0.15, 0.2) is 0 Å². The molecule has 0 radical (unpaired) electrons. The summed E-state index contributed by atoms with van der Waals surface area (Å²) in [5.74, 6) is 0. The van der Waals surface area contributed by atoms with Crippen LogP contribution >= 0.6 is 0 Å². The molecule has 0 atom stereocenters. The highest BCUT2D eigenvalue weighted by Crippen LogP contribution is 1.58. The van der Waals surface area contributed by atoms with Crippen molar-refractivity contribution in [3.63, 3.8) is 0 Å². The van der Waals surface area contributed by atoms with Gasteiger partial charge in [0.1, 0.15) is 13.0 Å². The Morgan fingerprint density at radius 3 is 2.86 bits per heavy atom. The van der Waals surface area contributed by atoms with Crippen LogP contribution < -0.4 is 5.32 Å². The highest BCUT2D eigenvalue weighted by molar-refractivity contribution is 5.51. The Hall–Kier alpha value is -0.440. The van der Waals surface area contributed by atoms with Gasteiger partial charge in [0.25, 0.3) is 0 Å². The molecule has 2 nitrogen and oxygen atoms in total. The third-order valence-electron chi connectivity index (χ3n) is 0.499. The Bertz CT molecular complexity index is 49.0. The van der Waals surface area contributed by atoms with Crippen molar-refractivity contribution in [3.05, 3.63) is 0 Å². The first-order valence-corrected chi connectivity index (χ1v) is 2.12. The van der Waals surface area contributed by atoms with Crippen molar-refractivity contribution in [1.82, 2.24) is 5.32 Å². The lowest BCUT2D eigenvalue weighted by Crippen LogP contribution is -2.18. The average Bonchev–Trinajstić information content (AvgIpc) is 1.69. The second-order valence-corrected chi connectivity index (χ2v) is 1.06. The van der Waals surface area contributed by atoms with Crippen molar-refractivity contribution < 1.29 is 9.18 Å². The minimum Gasteiger partial charge on any atom is -0.308 e. The van der Waals surface area contributed by atoms with Crippen LogP contribution in [0.5, 0.6) is 0 Å². The van der Waals surface area contributed by atoms with Gasteiger partial charge in [-0.05, 0) is 0 Å². The fourth-order valence-corrected chi connectivity index (χ4v) is 0.228. The molecule has 0 bridgehead atoms. The molecule has 0 saturated heterocycles. The quantitative estimate of drug-likeness (QED) is 0.394. The third-order valence-corrected chi connectivity index (χ3v) is 0.499. The number of alkyl halides is 1. The Morgan fingerprint density at radius 2 is 2.43 bits per heavy atom. The van der Waals surface area contributed by atoms with E-state index in [2.05, 4.69) is 5.32 Å². The predicted molar refractivity (Wildman–Crippen MR) is 24.9 cm³/mol. The lowest BCUT2D eigenvalue weighted by Gasteiger charge is -1.89. The lowest BCUT2D eigenvalue weighted by molar-refractivity contribution is -0.107. The minimum absolute atomic E-state index is 0.254. The smallest absolute Gasteiger partial charge is 0.133 e. The van der Waals surface area contributed by atoms with Gasteiger partial charge in [0.05, 0.1) is 6.54 Å². The Balaban J connectivity index is 2.56. The van der Waals surface area contributed by atoms with Crippen LogP contribution in [-0.2, 0) is 4.79 Å². The van der Waals surface area contributed by atoms with E-state index in [0.29, 0.717) is 6.29 Å². The summed E-state index contributed by atoms with van der Waals surface area (Å²) in [6.07, 6.45) is 0.704. The van der Waals surface area contributed by atoms with Crippen LogP contribution in [0.15, 0.2) is 0 Å². The fraction of sp³-hybridized carbons (Fsp3) is 0.750. The summed E-state index contributed by atoms with van der Waals surface area (Å²) in [7, 11) is 0. The van der Waals surface area contributed by atoms with Gasteiger partial charge in [-0.3, -0.25) is 0 Å². The summed E-state index contributed by atoms with van der Waals surface area (Å²) in [4.78, 5) is 9.49. The summed E-state index contributed by atoms with van der Waals surface area (Å²) in [5, 5.41) is 2.54. The van der Waals surface area contributed by atoms with Gasteiger partial charge in [0, 0.05) is 6.54 Å². The molecule has 1 N–H and O–H groups in total. The summed E-state index contributed by atoms with van der Waals surface area (Å²) < 4.78 is 11.1. The normalized spacial score (nSPS) is 8.71. The molecule has 42 valence electrons.